The van der Waals surface area contributed by atoms with Gasteiger partial charge in [-0.2, -0.15) is 0 Å². The summed E-state index contributed by atoms with van der Waals surface area (Å²) >= 11 is 2.67. The number of carbonyl (C=O) groups excluding carboxylic acids is 2. The first-order chi connectivity index (χ1) is 9.08. The van der Waals surface area contributed by atoms with Crippen LogP contribution in [0.15, 0.2) is 10.8 Å². The Morgan fingerprint density at radius 2 is 2.11 bits per heavy atom. The van der Waals surface area contributed by atoms with Crippen LogP contribution in [0, 0.1) is 6.92 Å². The van der Waals surface area contributed by atoms with Gasteiger partial charge in [-0.3, -0.25) is 14.9 Å². The third-order valence-corrected chi connectivity index (χ3v) is 3.76. The highest BCUT2D eigenvalue weighted by atomic mass is 32.1. The van der Waals surface area contributed by atoms with Crippen LogP contribution in [0.2, 0.25) is 0 Å². The fourth-order valence-electron chi connectivity index (χ4n) is 1.29. The number of anilines is 1. The van der Waals surface area contributed by atoms with Gasteiger partial charge in [-0.1, -0.05) is 0 Å². The Bertz CT molecular complexity index is 606. The van der Waals surface area contributed by atoms with Gasteiger partial charge in [0.25, 0.3) is 5.91 Å². The van der Waals surface area contributed by atoms with Crippen molar-refractivity contribution < 1.29 is 14.3 Å². The van der Waals surface area contributed by atoms with Crippen molar-refractivity contribution in [2.75, 3.05) is 12.4 Å². The molecule has 2 aromatic rings. The molecule has 0 radical (unpaired) electrons. The number of esters is 1. The number of nitrogens with zero attached hydrogens (tertiary/aromatic N) is 2. The van der Waals surface area contributed by atoms with Crippen molar-refractivity contribution in [2.24, 2.45) is 0 Å². The van der Waals surface area contributed by atoms with E-state index in [4.69, 9.17) is 0 Å². The lowest BCUT2D eigenvalue weighted by Gasteiger charge is -1.97. The van der Waals surface area contributed by atoms with Crippen molar-refractivity contribution in [2.45, 2.75) is 13.3 Å². The zero-order valence-electron chi connectivity index (χ0n) is 10.3. The van der Waals surface area contributed by atoms with E-state index in [0.717, 1.165) is 5.01 Å². The maximum Gasteiger partial charge on any atom is 0.311 e. The minimum atomic E-state index is -0.363. The number of rotatable bonds is 4. The van der Waals surface area contributed by atoms with Crippen molar-refractivity contribution >= 4 is 39.7 Å². The molecule has 0 aliphatic rings. The number of nitrogens with one attached hydrogen (secondary N) is 1. The van der Waals surface area contributed by atoms with E-state index in [9.17, 15) is 9.59 Å². The van der Waals surface area contributed by atoms with Crippen LogP contribution >= 0.6 is 22.7 Å². The van der Waals surface area contributed by atoms with E-state index in [-0.39, 0.29) is 18.3 Å². The summed E-state index contributed by atoms with van der Waals surface area (Å²) in [7, 11) is 1.32. The molecule has 0 saturated heterocycles. The van der Waals surface area contributed by atoms with Gasteiger partial charge in [0.1, 0.15) is 5.69 Å². The molecule has 0 aliphatic carbocycles. The molecule has 0 atom stereocenters. The molecule has 2 heterocycles. The Morgan fingerprint density at radius 1 is 1.32 bits per heavy atom. The van der Waals surface area contributed by atoms with Crippen molar-refractivity contribution in [3.8, 4) is 0 Å². The number of hydrogen-bond acceptors (Lipinski definition) is 7. The van der Waals surface area contributed by atoms with Gasteiger partial charge in [-0.25, -0.2) is 9.97 Å². The maximum atomic E-state index is 11.8. The fourth-order valence-corrected chi connectivity index (χ4v) is 2.59. The zero-order valence-corrected chi connectivity index (χ0v) is 11.9. The van der Waals surface area contributed by atoms with Crippen LogP contribution in [0.3, 0.4) is 0 Å². The van der Waals surface area contributed by atoms with Crippen LogP contribution in [0.25, 0.3) is 0 Å². The number of thiazole rings is 2. The van der Waals surface area contributed by atoms with Gasteiger partial charge < -0.3 is 4.74 Å². The molecule has 2 rings (SSSR count). The quantitative estimate of drug-likeness (QED) is 0.871. The molecule has 0 saturated carbocycles. The predicted molar refractivity (Wildman–Crippen MR) is 72.6 cm³/mol. The molecule has 0 bridgehead atoms. The average Bonchev–Trinajstić information content (AvgIpc) is 2.98. The largest absolute Gasteiger partial charge is 0.469 e. The number of aromatic nitrogens is 2. The van der Waals surface area contributed by atoms with Crippen molar-refractivity contribution in [1.82, 2.24) is 9.97 Å². The van der Waals surface area contributed by atoms with Crippen LogP contribution in [0.1, 0.15) is 21.2 Å². The van der Waals surface area contributed by atoms with Crippen LogP contribution in [0.4, 0.5) is 5.13 Å². The Hall–Kier alpha value is -1.80. The second-order valence-electron chi connectivity index (χ2n) is 3.60. The third kappa shape index (κ3) is 3.58. The summed E-state index contributed by atoms with van der Waals surface area (Å²) in [6, 6.07) is 0. The number of hydrogen-bond donors (Lipinski definition) is 1. The molecule has 2 aromatic heterocycles. The predicted octanol–water partition coefficient (Wildman–Crippen LogP) is 1.88. The summed E-state index contributed by atoms with van der Waals surface area (Å²) in [6.07, 6.45) is 0.0959. The highest BCUT2D eigenvalue weighted by Crippen LogP contribution is 2.17. The highest BCUT2D eigenvalue weighted by Gasteiger charge is 2.13. The van der Waals surface area contributed by atoms with Gasteiger partial charge in [0.15, 0.2) is 5.13 Å². The minimum Gasteiger partial charge on any atom is -0.469 e. The Morgan fingerprint density at radius 3 is 2.74 bits per heavy atom. The molecule has 19 heavy (non-hydrogen) atoms. The lowest BCUT2D eigenvalue weighted by molar-refractivity contribution is -0.139. The van der Waals surface area contributed by atoms with Crippen LogP contribution in [-0.2, 0) is 16.0 Å². The summed E-state index contributed by atoms with van der Waals surface area (Å²) in [5.74, 6) is -0.665. The smallest absolute Gasteiger partial charge is 0.311 e. The van der Waals surface area contributed by atoms with Crippen LogP contribution in [-0.4, -0.2) is 29.0 Å². The van der Waals surface area contributed by atoms with Gasteiger partial charge in [0, 0.05) is 10.8 Å². The average molecular weight is 297 g/mol. The molecule has 0 unspecified atom stereocenters. The van der Waals surface area contributed by atoms with Gasteiger partial charge in [-0.05, 0) is 6.92 Å². The van der Waals surface area contributed by atoms with E-state index < -0.39 is 0 Å². The van der Waals surface area contributed by atoms with E-state index in [1.54, 1.807) is 10.8 Å². The molecule has 100 valence electrons. The summed E-state index contributed by atoms with van der Waals surface area (Å²) in [5.41, 5.74) is 0.939. The molecule has 0 fully saturated rings. The van der Waals surface area contributed by atoms with Crippen molar-refractivity contribution in [1.29, 1.82) is 0 Å². The van der Waals surface area contributed by atoms with E-state index in [0.29, 0.717) is 16.5 Å². The minimum absolute atomic E-state index is 0.0959. The summed E-state index contributed by atoms with van der Waals surface area (Å²) in [4.78, 5) is 31.1. The number of amides is 1. The highest BCUT2D eigenvalue weighted by molar-refractivity contribution is 7.14. The van der Waals surface area contributed by atoms with E-state index >= 15 is 0 Å². The zero-order chi connectivity index (χ0) is 13.8. The Labute approximate surface area is 117 Å². The van der Waals surface area contributed by atoms with Crippen LogP contribution < -0.4 is 5.32 Å². The van der Waals surface area contributed by atoms with Gasteiger partial charge in [0.05, 0.1) is 24.2 Å². The van der Waals surface area contributed by atoms with Gasteiger partial charge in [-0.15, -0.1) is 22.7 Å². The van der Waals surface area contributed by atoms with Crippen LogP contribution in [0.5, 0.6) is 0 Å². The second kappa shape index (κ2) is 5.89. The standard InChI is InChI=1S/C11H11N3O3S2/c1-6-12-8(5-18-6)10(16)14-11-13-7(4-19-11)3-9(15)17-2/h4-5H,3H2,1-2H3,(H,13,14,16). The molecular weight excluding hydrogens is 286 g/mol. The lowest BCUT2D eigenvalue weighted by atomic mass is 10.3. The van der Waals surface area contributed by atoms with Gasteiger partial charge in [0.2, 0.25) is 0 Å². The molecule has 1 amide bonds. The fraction of sp³-hybridized carbons (Fsp3) is 0.273. The number of ether oxygens (including phenoxy) is 1. The monoisotopic (exact) mass is 297 g/mol. The van der Waals surface area contributed by atoms with Crippen molar-refractivity contribution in [3.63, 3.8) is 0 Å². The summed E-state index contributed by atoms with van der Waals surface area (Å²) < 4.78 is 4.55. The SMILES string of the molecule is COC(=O)Cc1csc(NC(=O)c2csc(C)n2)n1. The number of aryl methyl sites for hydroxylation is 1. The number of carbonyl (C=O) groups is 2. The molecule has 0 spiro atoms. The normalized spacial score (nSPS) is 10.2. The molecule has 0 aliphatic heterocycles. The molecule has 0 aromatic carbocycles. The topological polar surface area (TPSA) is 81.2 Å². The van der Waals surface area contributed by atoms with E-state index in [1.807, 2.05) is 6.92 Å². The lowest BCUT2D eigenvalue weighted by Crippen LogP contribution is -2.12. The number of methoxy groups -OCH3 is 1. The first-order valence-electron chi connectivity index (χ1n) is 5.33. The maximum absolute atomic E-state index is 11.8. The summed E-state index contributed by atoms with van der Waals surface area (Å²) in [5, 5.41) is 7.31. The first kappa shape index (κ1) is 13.6. The Kier molecular flexibility index (Phi) is 4.23. The molecular formula is C11H11N3O3S2. The second-order valence-corrected chi connectivity index (χ2v) is 5.52. The molecule has 6 nitrogen and oxygen atoms in total. The third-order valence-electron chi connectivity index (χ3n) is 2.18. The molecule has 8 heteroatoms. The van der Waals surface area contributed by atoms with E-state index in [1.165, 1.54) is 29.8 Å². The van der Waals surface area contributed by atoms with E-state index in [2.05, 4.69) is 20.0 Å². The van der Waals surface area contributed by atoms with Gasteiger partial charge >= 0.3 is 5.97 Å². The first-order valence-corrected chi connectivity index (χ1v) is 7.09. The summed E-state index contributed by atoms with van der Waals surface area (Å²) in [6.45, 7) is 1.83. The van der Waals surface area contributed by atoms with Crippen molar-refractivity contribution in [3.05, 3.63) is 27.2 Å². The molecule has 1 N–H and O–H groups in total. The Balaban J connectivity index is 2.00.